The molecule has 2 fully saturated rings. The van der Waals surface area contributed by atoms with E-state index in [0.717, 1.165) is 23.8 Å². The molecule has 0 spiro atoms. The van der Waals surface area contributed by atoms with Crippen molar-refractivity contribution in [2.75, 3.05) is 0 Å². The van der Waals surface area contributed by atoms with Crippen LogP contribution < -0.4 is 0 Å². The second-order valence-corrected chi connectivity index (χ2v) is 7.66. The summed E-state index contributed by atoms with van der Waals surface area (Å²) in [5.41, 5.74) is 0.902. The smallest absolute Gasteiger partial charge is 0.0609 e. The summed E-state index contributed by atoms with van der Waals surface area (Å²) in [7, 11) is 0. The standard InChI is InChI=1S/C18H24Cl2O/c19-16-6-3-7-17(20)15(16)11-18(21)14-9-8-12-4-1-2-5-13(12)10-14/h3,6-7,12-14,18,21H,1-2,4-5,8-11H2. The molecule has 4 unspecified atom stereocenters. The number of hydrogen-bond donors (Lipinski definition) is 1. The minimum atomic E-state index is -0.315. The van der Waals surface area contributed by atoms with E-state index in [1.54, 1.807) is 0 Å². The van der Waals surface area contributed by atoms with Crippen molar-refractivity contribution in [3.63, 3.8) is 0 Å². The van der Waals surface area contributed by atoms with E-state index in [0.29, 0.717) is 22.4 Å². The number of rotatable bonds is 3. The summed E-state index contributed by atoms with van der Waals surface area (Å²) in [4.78, 5) is 0. The van der Waals surface area contributed by atoms with Crippen molar-refractivity contribution < 1.29 is 5.11 Å². The van der Waals surface area contributed by atoms with Crippen molar-refractivity contribution in [2.45, 2.75) is 57.5 Å². The Morgan fingerprint density at radius 3 is 2.38 bits per heavy atom. The van der Waals surface area contributed by atoms with E-state index in [1.807, 2.05) is 18.2 Å². The summed E-state index contributed by atoms with van der Waals surface area (Å²) >= 11 is 12.5. The molecule has 0 aliphatic heterocycles. The molecule has 0 heterocycles. The molecule has 1 nitrogen and oxygen atoms in total. The first-order valence-corrected chi connectivity index (χ1v) is 9.01. The van der Waals surface area contributed by atoms with Crippen LogP contribution in [0.15, 0.2) is 18.2 Å². The Hall–Kier alpha value is -0.240. The van der Waals surface area contributed by atoms with Crippen molar-refractivity contribution in [3.05, 3.63) is 33.8 Å². The number of fused-ring (bicyclic) bond motifs is 1. The lowest BCUT2D eigenvalue weighted by Crippen LogP contribution is -2.34. The average Bonchev–Trinajstić information content (AvgIpc) is 2.50. The topological polar surface area (TPSA) is 20.2 Å². The highest BCUT2D eigenvalue weighted by molar-refractivity contribution is 6.35. The van der Waals surface area contributed by atoms with Gasteiger partial charge in [-0.15, -0.1) is 0 Å². The fourth-order valence-corrected chi connectivity index (χ4v) is 4.91. The molecular formula is C18H24Cl2O. The normalized spacial score (nSPS) is 30.7. The Kier molecular flexibility index (Phi) is 5.14. The third kappa shape index (κ3) is 3.57. The molecule has 1 aromatic rings. The van der Waals surface area contributed by atoms with Gasteiger partial charge in [-0.1, -0.05) is 55.0 Å². The van der Waals surface area contributed by atoms with Gasteiger partial charge in [-0.25, -0.2) is 0 Å². The number of aliphatic hydroxyl groups excluding tert-OH is 1. The van der Waals surface area contributed by atoms with E-state index >= 15 is 0 Å². The molecule has 0 bridgehead atoms. The lowest BCUT2D eigenvalue weighted by atomic mass is 9.66. The first-order chi connectivity index (χ1) is 10.1. The highest BCUT2D eigenvalue weighted by Crippen LogP contribution is 2.44. The third-order valence-corrected chi connectivity index (χ3v) is 6.31. The Labute approximate surface area is 137 Å². The second-order valence-electron chi connectivity index (χ2n) is 6.85. The highest BCUT2D eigenvalue weighted by atomic mass is 35.5. The zero-order valence-corrected chi connectivity index (χ0v) is 13.9. The van der Waals surface area contributed by atoms with Gasteiger partial charge < -0.3 is 5.11 Å². The monoisotopic (exact) mass is 326 g/mol. The Bertz CT molecular complexity index is 468. The molecule has 3 rings (SSSR count). The zero-order chi connectivity index (χ0) is 14.8. The minimum absolute atomic E-state index is 0.315. The summed E-state index contributed by atoms with van der Waals surface area (Å²) in [6.07, 6.45) is 9.46. The molecular weight excluding hydrogens is 303 g/mol. The van der Waals surface area contributed by atoms with Crippen LogP contribution in [-0.2, 0) is 6.42 Å². The summed E-state index contributed by atoms with van der Waals surface area (Å²) in [5.74, 6) is 2.18. The predicted octanol–water partition coefficient (Wildman–Crippen LogP) is 5.50. The average molecular weight is 327 g/mol. The predicted molar refractivity (Wildman–Crippen MR) is 89.0 cm³/mol. The number of benzene rings is 1. The van der Waals surface area contributed by atoms with Crippen LogP contribution in [-0.4, -0.2) is 11.2 Å². The summed E-state index contributed by atoms with van der Waals surface area (Å²) < 4.78 is 0. The molecule has 116 valence electrons. The number of halogens is 2. The molecule has 0 radical (unpaired) electrons. The van der Waals surface area contributed by atoms with Crippen LogP contribution in [0.3, 0.4) is 0 Å². The molecule has 2 saturated carbocycles. The molecule has 0 amide bonds. The van der Waals surface area contributed by atoms with Gasteiger partial charge >= 0.3 is 0 Å². The van der Waals surface area contributed by atoms with Gasteiger partial charge in [-0.3, -0.25) is 0 Å². The maximum Gasteiger partial charge on any atom is 0.0609 e. The lowest BCUT2D eigenvalue weighted by Gasteiger charge is -2.41. The highest BCUT2D eigenvalue weighted by Gasteiger charge is 2.35. The molecule has 0 aromatic heterocycles. The van der Waals surface area contributed by atoms with Crippen LogP contribution in [0.2, 0.25) is 10.0 Å². The number of hydrogen-bond acceptors (Lipinski definition) is 1. The van der Waals surface area contributed by atoms with Gasteiger partial charge in [0, 0.05) is 16.5 Å². The van der Waals surface area contributed by atoms with Gasteiger partial charge in [0.05, 0.1) is 6.10 Å². The molecule has 1 aromatic carbocycles. The van der Waals surface area contributed by atoms with Crippen LogP contribution in [0.4, 0.5) is 0 Å². The largest absolute Gasteiger partial charge is 0.392 e. The van der Waals surface area contributed by atoms with Gasteiger partial charge in [0.25, 0.3) is 0 Å². The van der Waals surface area contributed by atoms with Crippen LogP contribution in [0.5, 0.6) is 0 Å². The van der Waals surface area contributed by atoms with Crippen LogP contribution in [0.1, 0.15) is 50.5 Å². The van der Waals surface area contributed by atoms with E-state index < -0.39 is 0 Å². The van der Waals surface area contributed by atoms with Crippen molar-refractivity contribution in [1.29, 1.82) is 0 Å². The summed E-state index contributed by atoms with van der Waals surface area (Å²) in [6.45, 7) is 0. The van der Waals surface area contributed by atoms with Crippen molar-refractivity contribution >= 4 is 23.2 Å². The zero-order valence-electron chi connectivity index (χ0n) is 12.4. The fourth-order valence-electron chi connectivity index (χ4n) is 4.36. The Morgan fingerprint density at radius 2 is 1.67 bits per heavy atom. The van der Waals surface area contributed by atoms with Crippen LogP contribution in [0.25, 0.3) is 0 Å². The van der Waals surface area contributed by atoms with Crippen molar-refractivity contribution in [2.24, 2.45) is 17.8 Å². The number of aliphatic hydroxyl groups is 1. The quantitative estimate of drug-likeness (QED) is 0.777. The minimum Gasteiger partial charge on any atom is -0.392 e. The SMILES string of the molecule is OC(Cc1c(Cl)cccc1Cl)C1CCC2CCCCC2C1. The molecule has 0 saturated heterocycles. The molecule has 2 aliphatic rings. The van der Waals surface area contributed by atoms with Crippen molar-refractivity contribution in [3.8, 4) is 0 Å². The first kappa shape index (κ1) is 15.6. The molecule has 4 atom stereocenters. The third-order valence-electron chi connectivity index (χ3n) is 5.60. The summed E-state index contributed by atoms with van der Waals surface area (Å²) in [5, 5.41) is 12.0. The lowest BCUT2D eigenvalue weighted by molar-refractivity contribution is 0.0361. The second kappa shape index (κ2) is 6.89. The van der Waals surface area contributed by atoms with E-state index in [-0.39, 0.29) is 6.10 Å². The molecule has 3 heteroatoms. The van der Waals surface area contributed by atoms with E-state index in [2.05, 4.69) is 0 Å². The van der Waals surface area contributed by atoms with Gasteiger partial charge in [0.2, 0.25) is 0 Å². The van der Waals surface area contributed by atoms with Crippen molar-refractivity contribution in [1.82, 2.24) is 0 Å². The van der Waals surface area contributed by atoms with Gasteiger partial charge in [-0.05, 0) is 54.7 Å². The van der Waals surface area contributed by atoms with Crippen LogP contribution in [0, 0.1) is 17.8 Å². The van der Waals surface area contributed by atoms with Gasteiger partial charge in [0.15, 0.2) is 0 Å². The van der Waals surface area contributed by atoms with E-state index in [4.69, 9.17) is 23.2 Å². The van der Waals surface area contributed by atoms with Gasteiger partial charge in [0.1, 0.15) is 0 Å². The Balaban J connectivity index is 1.64. The van der Waals surface area contributed by atoms with Gasteiger partial charge in [-0.2, -0.15) is 0 Å². The maximum absolute atomic E-state index is 10.6. The van der Waals surface area contributed by atoms with E-state index in [9.17, 15) is 5.11 Å². The maximum atomic E-state index is 10.6. The summed E-state index contributed by atoms with van der Waals surface area (Å²) in [6, 6.07) is 5.56. The molecule has 1 N–H and O–H groups in total. The molecule has 2 aliphatic carbocycles. The molecule has 21 heavy (non-hydrogen) atoms. The van der Waals surface area contributed by atoms with E-state index in [1.165, 1.54) is 38.5 Å². The first-order valence-electron chi connectivity index (χ1n) is 8.26. The fraction of sp³-hybridized carbons (Fsp3) is 0.667. The Morgan fingerprint density at radius 1 is 1.00 bits per heavy atom. The van der Waals surface area contributed by atoms with Crippen LogP contribution >= 0.6 is 23.2 Å².